The third-order valence-corrected chi connectivity index (χ3v) is 5.68. The van der Waals surface area contributed by atoms with Crippen LogP contribution in [0.3, 0.4) is 0 Å². The van der Waals surface area contributed by atoms with Crippen LogP contribution >= 0.6 is 0 Å². The van der Waals surface area contributed by atoms with Crippen LogP contribution in [0.4, 0.5) is 8.78 Å². The van der Waals surface area contributed by atoms with E-state index in [1.165, 1.54) is 6.07 Å². The summed E-state index contributed by atoms with van der Waals surface area (Å²) in [7, 11) is -1.32. The SMILES string of the molecule is NCC1CCCCCC1S(=O)c1ccc(F)c(F)c1. The van der Waals surface area contributed by atoms with E-state index in [4.69, 9.17) is 5.73 Å². The molecular weight excluding hydrogens is 268 g/mol. The molecule has 2 rings (SSSR count). The number of rotatable bonds is 3. The van der Waals surface area contributed by atoms with E-state index in [9.17, 15) is 13.0 Å². The summed E-state index contributed by atoms with van der Waals surface area (Å²) >= 11 is 0. The van der Waals surface area contributed by atoms with E-state index < -0.39 is 22.4 Å². The van der Waals surface area contributed by atoms with Gasteiger partial charge in [-0.25, -0.2) is 8.78 Å². The zero-order chi connectivity index (χ0) is 13.8. The minimum atomic E-state index is -1.32. The van der Waals surface area contributed by atoms with Crippen LogP contribution in [0.15, 0.2) is 23.1 Å². The number of halogens is 2. The molecule has 19 heavy (non-hydrogen) atoms. The molecule has 5 heteroatoms. The van der Waals surface area contributed by atoms with Crippen LogP contribution in [0.1, 0.15) is 32.1 Å². The lowest BCUT2D eigenvalue weighted by molar-refractivity contribution is 0.473. The molecule has 0 aliphatic heterocycles. The first kappa shape index (κ1) is 14.6. The highest BCUT2D eigenvalue weighted by Crippen LogP contribution is 2.29. The van der Waals surface area contributed by atoms with Crippen molar-refractivity contribution in [1.29, 1.82) is 0 Å². The van der Waals surface area contributed by atoms with Gasteiger partial charge in [-0.2, -0.15) is 0 Å². The maximum atomic E-state index is 13.2. The Morgan fingerprint density at radius 3 is 2.58 bits per heavy atom. The summed E-state index contributed by atoms with van der Waals surface area (Å²) in [5.74, 6) is -1.64. The van der Waals surface area contributed by atoms with Crippen LogP contribution in [-0.2, 0) is 10.8 Å². The van der Waals surface area contributed by atoms with Crippen molar-refractivity contribution in [2.45, 2.75) is 42.2 Å². The fraction of sp³-hybridized carbons (Fsp3) is 0.571. The van der Waals surface area contributed by atoms with Crippen LogP contribution in [0, 0.1) is 17.6 Å². The van der Waals surface area contributed by atoms with Gasteiger partial charge in [0.1, 0.15) is 0 Å². The molecule has 0 heterocycles. The maximum absolute atomic E-state index is 13.2. The maximum Gasteiger partial charge on any atom is 0.160 e. The fourth-order valence-electron chi connectivity index (χ4n) is 2.68. The summed E-state index contributed by atoms with van der Waals surface area (Å²) in [6.07, 6.45) is 5.07. The number of benzene rings is 1. The Kier molecular flexibility index (Phi) is 5.05. The highest BCUT2D eigenvalue weighted by Gasteiger charge is 2.28. The molecule has 1 aliphatic carbocycles. The van der Waals surface area contributed by atoms with Crippen molar-refractivity contribution in [1.82, 2.24) is 0 Å². The third kappa shape index (κ3) is 3.39. The quantitative estimate of drug-likeness (QED) is 0.869. The Morgan fingerprint density at radius 2 is 1.89 bits per heavy atom. The molecule has 1 fully saturated rings. The van der Waals surface area contributed by atoms with Gasteiger partial charge in [0.05, 0.1) is 10.8 Å². The lowest BCUT2D eigenvalue weighted by Gasteiger charge is -2.23. The highest BCUT2D eigenvalue weighted by molar-refractivity contribution is 7.85. The van der Waals surface area contributed by atoms with Gasteiger partial charge in [-0.05, 0) is 43.5 Å². The van der Waals surface area contributed by atoms with Gasteiger partial charge in [-0.3, -0.25) is 4.21 Å². The molecule has 0 saturated heterocycles. The second-order valence-corrected chi connectivity index (χ2v) is 6.72. The van der Waals surface area contributed by atoms with E-state index in [1.807, 2.05) is 0 Å². The smallest absolute Gasteiger partial charge is 0.160 e. The van der Waals surface area contributed by atoms with E-state index in [0.717, 1.165) is 44.2 Å². The standard InChI is InChI=1S/C14H19F2NOS/c15-12-7-6-11(8-13(12)16)19(18)14-5-3-1-2-4-10(14)9-17/h6-8,10,14H,1-5,9,17H2. The molecule has 1 aliphatic rings. The summed E-state index contributed by atoms with van der Waals surface area (Å²) < 4.78 is 38.7. The molecule has 1 aromatic carbocycles. The minimum Gasteiger partial charge on any atom is -0.330 e. The average Bonchev–Trinajstić information content (AvgIpc) is 2.66. The Bertz CT molecular complexity index is 467. The predicted octanol–water partition coefficient (Wildman–Crippen LogP) is 2.98. The van der Waals surface area contributed by atoms with E-state index in [0.29, 0.717) is 11.4 Å². The number of nitrogens with two attached hydrogens (primary N) is 1. The van der Waals surface area contributed by atoms with Gasteiger partial charge in [-0.1, -0.05) is 19.3 Å². The molecule has 2 nitrogen and oxygen atoms in total. The summed E-state index contributed by atoms with van der Waals surface area (Å²) in [6.45, 7) is 0.500. The van der Waals surface area contributed by atoms with Crippen molar-refractivity contribution >= 4 is 10.8 Å². The molecule has 0 aromatic heterocycles. The molecular formula is C14H19F2NOS. The van der Waals surface area contributed by atoms with Crippen molar-refractivity contribution < 1.29 is 13.0 Å². The average molecular weight is 287 g/mol. The zero-order valence-electron chi connectivity index (χ0n) is 10.8. The van der Waals surface area contributed by atoms with Crippen LogP contribution in [0.25, 0.3) is 0 Å². The van der Waals surface area contributed by atoms with Crippen LogP contribution in [0.2, 0.25) is 0 Å². The second-order valence-electron chi connectivity index (χ2n) is 5.05. The molecule has 2 N–H and O–H groups in total. The number of hydrogen-bond acceptors (Lipinski definition) is 2. The van der Waals surface area contributed by atoms with Crippen LogP contribution < -0.4 is 5.73 Å². The fourth-order valence-corrected chi connectivity index (χ4v) is 4.43. The van der Waals surface area contributed by atoms with Crippen LogP contribution in [-0.4, -0.2) is 16.0 Å². The molecule has 0 bridgehead atoms. The first-order chi connectivity index (χ1) is 9.13. The van der Waals surface area contributed by atoms with E-state index >= 15 is 0 Å². The van der Waals surface area contributed by atoms with Gasteiger partial charge >= 0.3 is 0 Å². The molecule has 0 amide bonds. The summed E-state index contributed by atoms with van der Waals surface area (Å²) in [6, 6.07) is 3.49. The first-order valence-corrected chi connectivity index (χ1v) is 7.90. The monoisotopic (exact) mass is 287 g/mol. The van der Waals surface area contributed by atoms with Crippen molar-refractivity contribution in [3.63, 3.8) is 0 Å². The van der Waals surface area contributed by atoms with E-state index in [2.05, 4.69) is 0 Å². The van der Waals surface area contributed by atoms with Gasteiger partial charge in [0.2, 0.25) is 0 Å². The van der Waals surface area contributed by atoms with Crippen LogP contribution in [0.5, 0.6) is 0 Å². The van der Waals surface area contributed by atoms with Crippen molar-refractivity contribution in [3.8, 4) is 0 Å². The summed E-state index contributed by atoms with van der Waals surface area (Å²) in [5.41, 5.74) is 5.76. The second kappa shape index (κ2) is 6.57. The largest absolute Gasteiger partial charge is 0.330 e. The van der Waals surface area contributed by atoms with E-state index in [1.54, 1.807) is 0 Å². The van der Waals surface area contributed by atoms with Gasteiger partial charge in [0.15, 0.2) is 11.6 Å². The minimum absolute atomic E-state index is 0.0441. The molecule has 1 saturated carbocycles. The van der Waals surface area contributed by atoms with Gasteiger partial charge in [-0.15, -0.1) is 0 Å². The topological polar surface area (TPSA) is 43.1 Å². The predicted molar refractivity (Wildman–Crippen MR) is 72.2 cm³/mol. The van der Waals surface area contributed by atoms with E-state index in [-0.39, 0.29) is 11.2 Å². The van der Waals surface area contributed by atoms with Crippen molar-refractivity contribution in [3.05, 3.63) is 29.8 Å². The lowest BCUT2D eigenvalue weighted by atomic mass is 10.0. The Morgan fingerprint density at radius 1 is 1.16 bits per heavy atom. The molecule has 0 spiro atoms. The molecule has 3 unspecified atom stereocenters. The Balaban J connectivity index is 2.22. The molecule has 1 aromatic rings. The van der Waals surface area contributed by atoms with Crippen molar-refractivity contribution in [2.75, 3.05) is 6.54 Å². The Hall–Kier alpha value is -0.810. The summed E-state index contributed by atoms with van der Waals surface area (Å²) in [4.78, 5) is 0.365. The Labute approximate surface area is 114 Å². The lowest BCUT2D eigenvalue weighted by Crippen LogP contribution is -2.30. The molecule has 106 valence electrons. The number of hydrogen-bond donors (Lipinski definition) is 1. The van der Waals surface area contributed by atoms with Gasteiger partial charge in [0, 0.05) is 10.1 Å². The zero-order valence-corrected chi connectivity index (χ0v) is 11.6. The third-order valence-electron chi connectivity index (χ3n) is 3.79. The summed E-state index contributed by atoms with van der Waals surface area (Å²) in [5, 5.41) is -0.0441. The van der Waals surface area contributed by atoms with Crippen molar-refractivity contribution in [2.24, 2.45) is 11.7 Å². The van der Waals surface area contributed by atoms with Gasteiger partial charge < -0.3 is 5.73 Å². The normalized spacial score (nSPS) is 25.8. The van der Waals surface area contributed by atoms with Gasteiger partial charge in [0.25, 0.3) is 0 Å². The highest BCUT2D eigenvalue weighted by atomic mass is 32.2. The molecule has 0 radical (unpaired) electrons. The molecule has 3 atom stereocenters. The first-order valence-electron chi connectivity index (χ1n) is 6.69.